The summed E-state index contributed by atoms with van der Waals surface area (Å²) < 4.78 is 0. The van der Waals surface area contributed by atoms with Gasteiger partial charge in [0.2, 0.25) is 0 Å². The molecule has 2 heteroatoms. The molecule has 0 aliphatic rings. The van der Waals surface area contributed by atoms with Crippen molar-refractivity contribution in [2.45, 2.75) is 97.3 Å². The molecule has 1 nitrogen and oxygen atoms in total. The molecular formula is C24H44ClN. The molecule has 1 aromatic carbocycles. The molecule has 0 bridgehead atoms. The lowest BCUT2D eigenvalue weighted by Crippen LogP contribution is -2.23. The van der Waals surface area contributed by atoms with Gasteiger partial charge < -0.3 is 4.90 Å². The topological polar surface area (TPSA) is 3.24 Å². The second-order valence-electron chi connectivity index (χ2n) is 7.51. The number of halogens is 1. The van der Waals surface area contributed by atoms with Gasteiger partial charge in [0.15, 0.2) is 0 Å². The van der Waals surface area contributed by atoms with Crippen molar-refractivity contribution in [2.24, 2.45) is 0 Å². The molecule has 1 rings (SSSR count). The Labute approximate surface area is 170 Å². The highest BCUT2D eigenvalue weighted by atomic mass is 35.5. The molecule has 0 aliphatic heterocycles. The summed E-state index contributed by atoms with van der Waals surface area (Å²) in [5.74, 6) is 0. The Morgan fingerprint density at radius 3 is 1.46 bits per heavy atom. The Bertz CT molecular complexity index is 375. The van der Waals surface area contributed by atoms with E-state index in [1.54, 1.807) is 0 Å². The third-order valence-corrected chi connectivity index (χ3v) is 5.43. The predicted molar refractivity (Wildman–Crippen MR) is 121 cm³/mol. The third kappa shape index (κ3) is 14.6. The number of rotatable bonds is 17. The second-order valence-corrected chi connectivity index (χ2v) is 7.51. The molecule has 0 unspecified atom stereocenters. The highest BCUT2D eigenvalue weighted by Gasteiger charge is 1.98. The number of aryl methyl sites for hydroxylation is 1. The van der Waals surface area contributed by atoms with Crippen molar-refractivity contribution in [3.8, 4) is 0 Å². The summed E-state index contributed by atoms with van der Waals surface area (Å²) in [4.78, 5) is 2.54. The summed E-state index contributed by atoms with van der Waals surface area (Å²) >= 11 is 0. The van der Waals surface area contributed by atoms with Crippen LogP contribution in [0, 0.1) is 0 Å². The molecule has 0 fully saturated rings. The number of hydrogen-bond acceptors (Lipinski definition) is 1. The van der Waals surface area contributed by atoms with Crippen LogP contribution in [-0.4, -0.2) is 24.5 Å². The molecule has 0 amide bonds. The number of unbranched alkanes of at least 4 members (excludes halogenated alkanes) is 11. The maximum absolute atomic E-state index is 2.54. The molecule has 0 atom stereocenters. The van der Waals surface area contributed by atoms with Crippen molar-refractivity contribution in [1.29, 1.82) is 0 Å². The average molecular weight is 382 g/mol. The van der Waals surface area contributed by atoms with Crippen molar-refractivity contribution in [3.05, 3.63) is 35.9 Å². The monoisotopic (exact) mass is 381 g/mol. The van der Waals surface area contributed by atoms with Crippen LogP contribution in [0.15, 0.2) is 30.3 Å². The van der Waals surface area contributed by atoms with E-state index in [2.05, 4.69) is 49.1 Å². The molecule has 1 aromatic rings. The van der Waals surface area contributed by atoms with E-state index >= 15 is 0 Å². The summed E-state index contributed by atoms with van der Waals surface area (Å²) in [5.41, 5.74) is 1.50. The molecule has 0 saturated heterocycles. The minimum Gasteiger partial charge on any atom is -0.304 e. The first-order chi connectivity index (χ1) is 12.4. The van der Waals surface area contributed by atoms with E-state index in [1.807, 2.05) is 0 Å². The Morgan fingerprint density at radius 2 is 1.00 bits per heavy atom. The molecule has 0 aromatic heterocycles. The maximum atomic E-state index is 2.54. The number of nitrogens with zero attached hydrogens (tertiary/aromatic N) is 1. The lowest BCUT2D eigenvalue weighted by Gasteiger charge is -2.17. The normalized spacial score (nSPS) is 10.9. The third-order valence-electron chi connectivity index (χ3n) is 5.43. The van der Waals surface area contributed by atoms with Gasteiger partial charge in [0.1, 0.15) is 0 Å². The first kappa shape index (κ1) is 25.5. The zero-order valence-corrected chi connectivity index (χ0v) is 18.4. The van der Waals surface area contributed by atoms with Crippen LogP contribution in [0.3, 0.4) is 0 Å². The highest BCUT2D eigenvalue weighted by molar-refractivity contribution is 5.85. The van der Waals surface area contributed by atoms with Gasteiger partial charge in [-0.05, 0) is 44.5 Å². The first-order valence-electron chi connectivity index (χ1n) is 11.1. The van der Waals surface area contributed by atoms with Crippen LogP contribution < -0.4 is 0 Å². The van der Waals surface area contributed by atoms with Gasteiger partial charge in [-0.25, -0.2) is 0 Å². The lowest BCUT2D eigenvalue weighted by molar-refractivity contribution is 0.295. The molecule has 0 spiro atoms. The Balaban J connectivity index is 0.00000625. The quantitative estimate of drug-likeness (QED) is 0.250. The van der Waals surface area contributed by atoms with Crippen LogP contribution in [0.25, 0.3) is 0 Å². The van der Waals surface area contributed by atoms with Gasteiger partial charge in [-0.1, -0.05) is 108 Å². The summed E-state index contributed by atoms with van der Waals surface area (Å²) in [6.45, 7) is 8.27. The smallest absolute Gasteiger partial charge is 0.00190 e. The average Bonchev–Trinajstić information content (AvgIpc) is 2.66. The van der Waals surface area contributed by atoms with Gasteiger partial charge >= 0.3 is 0 Å². The zero-order chi connectivity index (χ0) is 18.0. The van der Waals surface area contributed by atoms with Gasteiger partial charge in [0, 0.05) is 0 Å². The number of hydrogen-bond donors (Lipinski definition) is 0. The fourth-order valence-corrected chi connectivity index (χ4v) is 3.62. The van der Waals surface area contributed by atoms with Crippen molar-refractivity contribution >= 4 is 12.4 Å². The Hall–Kier alpha value is -0.530. The van der Waals surface area contributed by atoms with Crippen LogP contribution >= 0.6 is 12.4 Å². The maximum Gasteiger partial charge on any atom is -0.00190 e. The van der Waals surface area contributed by atoms with E-state index in [4.69, 9.17) is 0 Å². The molecule has 152 valence electrons. The van der Waals surface area contributed by atoms with E-state index in [1.165, 1.54) is 109 Å². The van der Waals surface area contributed by atoms with Gasteiger partial charge in [0.25, 0.3) is 0 Å². The summed E-state index contributed by atoms with van der Waals surface area (Å²) in [6.07, 6.45) is 18.4. The molecule has 0 N–H and O–H groups in total. The lowest BCUT2D eigenvalue weighted by atomic mass is 10.0. The van der Waals surface area contributed by atoms with Crippen LogP contribution in [-0.2, 0) is 6.42 Å². The molecule has 0 aliphatic carbocycles. The predicted octanol–water partition coefficient (Wildman–Crippen LogP) is 7.67. The van der Waals surface area contributed by atoms with Crippen LogP contribution in [0.5, 0.6) is 0 Å². The minimum absolute atomic E-state index is 0. The fourth-order valence-electron chi connectivity index (χ4n) is 3.62. The van der Waals surface area contributed by atoms with Crippen molar-refractivity contribution in [3.63, 3.8) is 0 Å². The highest BCUT2D eigenvalue weighted by Crippen LogP contribution is 2.13. The first-order valence-corrected chi connectivity index (χ1v) is 11.1. The van der Waals surface area contributed by atoms with Crippen molar-refractivity contribution in [2.75, 3.05) is 19.6 Å². The Morgan fingerprint density at radius 1 is 0.577 bits per heavy atom. The van der Waals surface area contributed by atoms with E-state index in [0.717, 1.165) is 0 Å². The van der Waals surface area contributed by atoms with Gasteiger partial charge in [-0.15, -0.1) is 12.4 Å². The van der Waals surface area contributed by atoms with Gasteiger partial charge in [-0.3, -0.25) is 0 Å². The summed E-state index contributed by atoms with van der Waals surface area (Å²) in [7, 11) is 0. The van der Waals surface area contributed by atoms with Crippen molar-refractivity contribution in [1.82, 2.24) is 4.90 Å². The van der Waals surface area contributed by atoms with Gasteiger partial charge in [-0.2, -0.15) is 0 Å². The molecule has 0 radical (unpaired) electrons. The van der Waals surface area contributed by atoms with E-state index < -0.39 is 0 Å². The number of benzene rings is 1. The summed E-state index contributed by atoms with van der Waals surface area (Å²) in [5, 5.41) is 0. The summed E-state index contributed by atoms with van der Waals surface area (Å²) in [6, 6.07) is 10.9. The van der Waals surface area contributed by atoms with Crippen molar-refractivity contribution < 1.29 is 0 Å². The van der Waals surface area contributed by atoms with Gasteiger partial charge in [0.05, 0.1) is 0 Å². The second kappa shape index (κ2) is 19.2. The van der Waals surface area contributed by atoms with E-state index in [-0.39, 0.29) is 12.4 Å². The van der Waals surface area contributed by atoms with Crippen LogP contribution in [0.1, 0.15) is 96.5 Å². The van der Waals surface area contributed by atoms with E-state index in [9.17, 15) is 0 Å². The minimum atomic E-state index is 0. The standard InChI is InChI=1S/C24H43N.ClH/c1-3-25(4-2)23-19-14-12-10-8-6-5-7-9-11-13-16-20-24-21-17-15-18-22-24;/h15,17-18,21-22H,3-14,16,19-20,23H2,1-2H3;1H. The fraction of sp³-hybridized carbons (Fsp3) is 0.750. The molecule has 0 heterocycles. The SMILES string of the molecule is CCN(CC)CCCCCCCCCCCCCCc1ccccc1.Cl. The molecular weight excluding hydrogens is 338 g/mol. The molecule has 0 saturated carbocycles. The van der Waals surface area contributed by atoms with E-state index in [0.29, 0.717) is 0 Å². The van der Waals surface area contributed by atoms with Crippen LogP contribution in [0.2, 0.25) is 0 Å². The van der Waals surface area contributed by atoms with Crippen LogP contribution in [0.4, 0.5) is 0 Å². The Kier molecular flexibility index (Phi) is 18.8. The zero-order valence-electron chi connectivity index (χ0n) is 17.6. The largest absolute Gasteiger partial charge is 0.304 e. The molecule has 26 heavy (non-hydrogen) atoms.